The molecular formula is C34H39N7O2. The van der Waals surface area contributed by atoms with Crippen molar-refractivity contribution in [1.82, 2.24) is 19.9 Å². The topological polar surface area (TPSA) is 120 Å². The van der Waals surface area contributed by atoms with Crippen molar-refractivity contribution in [3.05, 3.63) is 65.5 Å². The fourth-order valence-corrected chi connectivity index (χ4v) is 7.42. The number of piperidine rings is 1. The highest BCUT2D eigenvalue weighted by Crippen LogP contribution is 2.50. The van der Waals surface area contributed by atoms with Crippen LogP contribution in [0.3, 0.4) is 0 Å². The quantitative estimate of drug-likeness (QED) is 0.266. The zero-order chi connectivity index (χ0) is 30.1. The van der Waals surface area contributed by atoms with Crippen LogP contribution in [-0.4, -0.2) is 56.3 Å². The monoisotopic (exact) mass is 577 g/mol. The molecule has 2 aliphatic heterocycles. The van der Waals surface area contributed by atoms with Crippen molar-refractivity contribution >= 4 is 40.0 Å². The number of pyridine rings is 1. The van der Waals surface area contributed by atoms with Crippen molar-refractivity contribution < 1.29 is 9.59 Å². The van der Waals surface area contributed by atoms with E-state index in [9.17, 15) is 9.59 Å². The van der Waals surface area contributed by atoms with Gasteiger partial charge in [-0.1, -0.05) is 24.6 Å². The molecule has 3 aliphatic rings. The Bertz CT molecular complexity index is 1760. The number of hydrogen-bond acceptors (Lipinski definition) is 6. The number of rotatable bonds is 6. The van der Waals surface area contributed by atoms with Gasteiger partial charge in [-0.15, -0.1) is 0 Å². The number of likely N-dealkylation sites (tertiary alicyclic amines) is 1. The number of fused-ring (bicyclic) bond motifs is 2. The van der Waals surface area contributed by atoms with Crippen LogP contribution in [0.4, 0.5) is 17.2 Å². The number of nitrogens with two attached hydrogens (primary N) is 1. The number of aromatic nitrogens is 3. The van der Waals surface area contributed by atoms with Gasteiger partial charge in [0.05, 0.1) is 23.0 Å². The van der Waals surface area contributed by atoms with E-state index >= 15 is 0 Å². The van der Waals surface area contributed by atoms with Crippen LogP contribution in [0.25, 0.3) is 22.3 Å². The van der Waals surface area contributed by atoms with E-state index in [4.69, 9.17) is 10.7 Å². The van der Waals surface area contributed by atoms with E-state index in [0.29, 0.717) is 22.6 Å². The zero-order valence-electron chi connectivity index (χ0n) is 25.3. The standard InChI is InChI=1S/C34H39N7O2/c1-20-8-10-22(15-24(20)30(35)42)38-31-29-27(36-19-37-29)16-26(39-31)21-9-11-25-28(14-21)41(32(43)33(25,2)3)23-17-34(4,18-23)40-12-6-5-7-13-40/h8-11,14-16,19,23H,5-7,12-13,17-18H2,1-4H3,(H2,35,42)(H,36,37)(H,38,39). The average Bonchev–Trinajstić information content (AvgIpc) is 3.53. The molecule has 4 aromatic rings. The number of hydrogen-bond donors (Lipinski definition) is 3. The van der Waals surface area contributed by atoms with Gasteiger partial charge in [0.1, 0.15) is 5.52 Å². The molecule has 9 nitrogen and oxygen atoms in total. The van der Waals surface area contributed by atoms with Crippen molar-refractivity contribution in [2.75, 3.05) is 23.3 Å². The Hall–Kier alpha value is -4.24. The molecular weight excluding hydrogens is 538 g/mol. The summed E-state index contributed by atoms with van der Waals surface area (Å²) in [6.07, 6.45) is 7.49. The number of carbonyl (C=O) groups is 2. The molecule has 4 heterocycles. The van der Waals surface area contributed by atoms with Gasteiger partial charge in [0, 0.05) is 34.1 Å². The lowest BCUT2D eigenvalue weighted by Gasteiger charge is -2.55. The molecule has 222 valence electrons. The molecule has 2 aromatic carbocycles. The molecule has 0 radical (unpaired) electrons. The lowest BCUT2D eigenvalue weighted by atomic mass is 9.71. The minimum absolute atomic E-state index is 0.161. The second-order valence-electron chi connectivity index (χ2n) is 13.3. The minimum atomic E-state index is -0.581. The third-order valence-corrected chi connectivity index (χ3v) is 9.99. The van der Waals surface area contributed by atoms with E-state index < -0.39 is 11.3 Å². The predicted octanol–water partition coefficient (Wildman–Crippen LogP) is 5.81. The third-order valence-electron chi connectivity index (χ3n) is 9.99. The normalized spacial score (nSPS) is 23.3. The van der Waals surface area contributed by atoms with E-state index in [0.717, 1.165) is 59.5 Å². The van der Waals surface area contributed by atoms with E-state index in [2.05, 4.69) is 50.2 Å². The highest BCUT2D eigenvalue weighted by molar-refractivity contribution is 6.09. The first-order valence-corrected chi connectivity index (χ1v) is 15.3. The minimum Gasteiger partial charge on any atom is -0.366 e. The van der Waals surface area contributed by atoms with Crippen LogP contribution in [0.1, 0.15) is 74.4 Å². The first-order valence-electron chi connectivity index (χ1n) is 15.3. The number of imidazole rings is 1. The van der Waals surface area contributed by atoms with E-state index in [1.807, 2.05) is 39.0 Å². The van der Waals surface area contributed by atoms with Crippen molar-refractivity contribution in [2.45, 2.75) is 76.8 Å². The maximum atomic E-state index is 13.9. The summed E-state index contributed by atoms with van der Waals surface area (Å²) in [6.45, 7) is 10.6. The number of aromatic amines is 1. The molecule has 9 heteroatoms. The summed E-state index contributed by atoms with van der Waals surface area (Å²) in [5.74, 6) is 0.267. The molecule has 0 bridgehead atoms. The van der Waals surface area contributed by atoms with Crippen LogP contribution in [0.5, 0.6) is 0 Å². The molecule has 1 aliphatic carbocycles. The SMILES string of the molecule is Cc1ccc(Nc2nc(-c3ccc4c(c3)N(C3CC(C)(N5CCCCC5)C3)C(=O)C4(C)C)cc3[nH]cnc23)cc1C(N)=O. The summed E-state index contributed by atoms with van der Waals surface area (Å²) >= 11 is 0. The smallest absolute Gasteiger partial charge is 0.249 e. The highest BCUT2D eigenvalue weighted by Gasteiger charge is 2.54. The van der Waals surface area contributed by atoms with Crippen molar-refractivity contribution in [1.29, 1.82) is 0 Å². The summed E-state index contributed by atoms with van der Waals surface area (Å²) in [6, 6.07) is 14.0. The van der Waals surface area contributed by atoms with E-state index in [1.54, 1.807) is 12.4 Å². The predicted molar refractivity (Wildman–Crippen MR) is 170 cm³/mol. The number of nitrogens with one attached hydrogen (secondary N) is 2. The molecule has 0 atom stereocenters. The van der Waals surface area contributed by atoms with Gasteiger partial charge < -0.3 is 20.9 Å². The van der Waals surface area contributed by atoms with Gasteiger partial charge in [0.25, 0.3) is 0 Å². The van der Waals surface area contributed by atoms with Crippen LogP contribution >= 0.6 is 0 Å². The fraction of sp³-hybridized carbons (Fsp3) is 0.412. The lowest BCUT2D eigenvalue weighted by molar-refractivity contribution is -0.123. The molecule has 2 amide bonds. The number of nitrogens with zero attached hydrogens (tertiary/aromatic N) is 4. The van der Waals surface area contributed by atoms with Crippen molar-refractivity contribution in [2.24, 2.45) is 5.73 Å². The number of primary amides is 1. The zero-order valence-corrected chi connectivity index (χ0v) is 25.3. The molecule has 2 aromatic heterocycles. The average molecular weight is 578 g/mol. The maximum Gasteiger partial charge on any atom is 0.249 e. The van der Waals surface area contributed by atoms with Crippen molar-refractivity contribution in [3.63, 3.8) is 0 Å². The second-order valence-corrected chi connectivity index (χ2v) is 13.3. The van der Waals surface area contributed by atoms with Gasteiger partial charge >= 0.3 is 0 Å². The number of benzene rings is 2. The van der Waals surface area contributed by atoms with Crippen LogP contribution in [0, 0.1) is 6.92 Å². The molecule has 1 saturated heterocycles. The molecule has 0 spiro atoms. The Morgan fingerprint density at radius 2 is 1.81 bits per heavy atom. The van der Waals surface area contributed by atoms with Gasteiger partial charge in [-0.2, -0.15) is 0 Å². The Kier molecular flexibility index (Phi) is 6.36. The fourth-order valence-electron chi connectivity index (χ4n) is 7.42. The molecule has 7 rings (SSSR count). The van der Waals surface area contributed by atoms with Gasteiger partial charge in [-0.05, 0) is 102 Å². The summed E-state index contributed by atoms with van der Waals surface area (Å²) < 4.78 is 0. The number of carbonyl (C=O) groups excluding carboxylic acids is 2. The Balaban J connectivity index is 1.23. The van der Waals surface area contributed by atoms with Crippen LogP contribution in [0.15, 0.2) is 48.8 Å². The van der Waals surface area contributed by atoms with Gasteiger partial charge in [-0.25, -0.2) is 9.97 Å². The van der Waals surface area contributed by atoms with E-state index in [-0.39, 0.29) is 17.5 Å². The lowest BCUT2D eigenvalue weighted by Crippen LogP contribution is -2.64. The Morgan fingerprint density at radius 1 is 1.05 bits per heavy atom. The third kappa shape index (κ3) is 4.49. The number of anilines is 3. The summed E-state index contributed by atoms with van der Waals surface area (Å²) in [5.41, 5.74) is 12.4. The van der Waals surface area contributed by atoms with Gasteiger partial charge in [-0.3, -0.25) is 14.5 Å². The van der Waals surface area contributed by atoms with Crippen LogP contribution in [0.2, 0.25) is 0 Å². The van der Waals surface area contributed by atoms with Gasteiger partial charge in [0.15, 0.2) is 5.82 Å². The second kappa shape index (κ2) is 9.91. The molecule has 4 N–H and O–H groups in total. The number of aryl methyl sites for hydroxylation is 1. The largest absolute Gasteiger partial charge is 0.366 e. The summed E-state index contributed by atoms with van der Waals surface area (Å²) in [7, 11) is 0. The van der Waals surface area contributed by atoms with Crippen LogP contribution in [-0.2, 0) is 10.2 Å². The Labute approximate surface area is 251 Å². The summed E-state index contributed by atoms with van der Waals surface area (Å²) in [5, 5.41) is 3.35. The first kappa shape index (κ1) is 27.6. The van der Waals surface area contributed by atoms with Crippen LogP contribution < -0.4 is 16.0 Å². The molecule has 2 fully saturated rings. The molecule has 0 unspecified atom stereocenters. The summed E-state index contributed by atoms with van der Waals surface area (Å²) in [4.78, 5) is 43.3. The molecule has 43 heavy (non-hydrogen) atoms. The highest BCUT2D eigenvalue weighted by atomic mass is 16.2. The van der Waals surface area contributed by atoms with E-state index in [1.165, 1.54) is 19.3 Å². The number of amides is 2. The number of H-pyrrole nitrogens is 1. The molecule has 1 saturated carbocycles. The first-order chi connectivity index (χ1) is 20.5. The Morgan fingerprint density at radius 3 is 2.56 bits per heavy atom. The van der Waals surface area contributed by atoms with Crippen molar-refractivity contribution in [3.8, 4) is 11.3 Å². The maximum absolute atomic E-state index is 13.9. The van der Waals surface area contributed by atoms with Gasteiger partial charge in [0.2, 0.25) is 11.8 Å².